The summed E-state index contributed by atoms with van der Waals surface area (Å²) in [5, 5.41) is 2.68. The Balaban J connectivity index is 1.32. The second-order valence-corrected chi connectivity index (χ2v) is 8.83. The lowest BCUT2D eigenvalue weighted by Gasteiger charge is -2.11. The first-order chi connectivity index (χ1) is 16.9. The predicted octanol–water partition coefficient (Wildman–Crippen LogP) is 8.88. The molecule has 1 heteroatoms. The van der Waals surface area contributed by atoms with Crippen LogP contribution >= 0.6 is 0 Å². The van der Waals surface area contributed by atoms with Gasteiger partial charge in [-0.25, -0.2) is 0 Å². The lowest BCUT2D eigenvalue weighted by molar-refractivity contribution is 1.33. The molecule has 1 aliphatic rings. The molecule has 0 bridgehead atoms. The number of rotatable bonds is 3. The molecule has 1 aromatic heterocycles. The highest BCUT2D eigenvalue weighted by molar-refractivity contribution is 6.18. The van der Waals surface area contributed by atoms with E-state index in [1.54, 1.807) is 0 Å². The van der Waals surface area contributed by atoms with Crippen molar-refractivity contribution >= 4 is 10.8 Å². The first kappa shape index (κ1) is 19.0. The Morgan fingerprint density at radius 1 is 0.353 bits per heavy atom. The van der Waals surface area contributed by atoms with Gasteiger partial charge in [0.05, 0.1) is 0 Å². The zero-order chi connectivity index (χ0) is 22.5. The fourth-order valence-corrected chi connectivity index (χ4v) is 5.33. The van der Waals surface area contributed by atoms with Gasteiger partial charge in [-0.15, -0.1) is 0 Å². The highest BCUT2D eigenvalue weighted by Crippen LogP contribution is 2.49. The van der Waals surface area contributed by atoms with E-state index in [-0.39, 0.29) is 0 Å². The molecule has 0 spiro atoms. The Morgan fingerprint density at radius 3 is 1.68 bits per heavy atom. The fourth-order valence-electron chi connectivity index (χ4n) is 5.33. The zero-order valence-electron chi connectivity index (χ0n) is 18.6. The highest BCUT2D eigenvalue weighted by atomic mass is 14.6. The van der Waals surface area contributed by atoms with Gasteiger partial charge < -0.3 is 0 Å². The van der Waals surface area contributed by atoms with Crippen molar-refractivity contribution < 1.29 is 0 Å². The first-order valence-electron chi connectivity index (χ1n) is 11.6. The van der Waals surface area contributed by atoms with Crippen molar-refractivity contribution in [3.63, 3.8) is 0 Å². The molecule has 0 aliphatic heterocycles. The van der Waals surface area contributed by atoms with Gasteiger partial charge in [-0.2, -0.15) is 0 Å². The summed E-state index contributed by atoms with van der Waals surface area (Å²) in [7, 11) is 0. The molecule has 5 aromatic carbocycles. The van der Waals surface area contributed by atoms with Crippen LogP contribution in [0.2, 0.25) is 0 Å². The molecule has 1 nitrogen and oxygen atoms in total. The SMILES string of the molecule is c1cc(-c2ccc(-c3ccncc3)cc2)cc(-c2ccc3c4c(cccc24)-c2ccccc2-3)c1. The van der Waals surface area contributed by atoms with E-state index < -0.39 is 0 Å². The van der Waals surface area contributed by atoms with Crippen molar-refractivity contribution in [1.82, 2.24) is 4.98 Å². The van der Waals surface area contributed by atoms with Crippen molar-refractivity contribution in [2.45, 2.75) is 0 Å². The smallest absolute Gasteiger partial charge is 0.0273 e. The van der Waals surface area contributed by atoms with E-state index in [1.807, 2.05) is 24.5 Å². The van der Waals surface area contributed by atoms with Crippen LogP contribution in [0.15, 0.2) is 128 Å². The van der Waals surface area contributed by atoms with Gasteiger partial charge in [0.1, 0.15) is 0 Å². The Kier molecular flexibility index (Phi) is 4.22. The van der Waals surface area contributed by atoms with Crippen molar-refractivity contribution in [2.75, 3.05) is 0 Å². The Bertz CT molecular complexity index is 1650. The van der Waals surface area contributed by atoms with Gasteiger partial charge in [-0.05, 0) is 84.6 Å². The van der Waals surface area contributed by atoms with E-state index in [0.29, 0.717) is 0 Å². The number of hydrogen-bond acceptors (Lipinski definition) is 1. The maximum Gasteiger partial charge on any atom is 0.0273 e. The maximum atomic E-state index is 4.12. The first-order valence-corrected chi connectivity index (χ1v) is 11.6. The summed E-state index contributed by atoms with van der Waals surface area (Å²) in [4.78, 5) is 4.12. The largest absolute Gasteiger partial charge is 0.265 e. The second-order valence-electron chi connectivity index (χ2n) is 8.83. The van der Waals surface area contributed by atoms with E-state index >= 15 is 0 Å². The fraction of sp³-hybridized carbons (Fsp3) is 0. The lowest BCUT2D eigenvalue weighted by atomic mass is 9.92. The zero-order valence-corrected chi connectivity index (χ0v) is 18.6. The minimum atomic E-state index is 1.18. The molecule has 34 heavy (non-hydrogen) atoms. The minimum Gasteiger partial charge on any atom is -0.265 e. The van der Waals surface area contributed by atoms with E-state index in [1.165, 1.54) is 66.4 Å². The quantitative estimate of drug-likeness (QED) is 0.272. The maximum absolute atomic E-state index is 4.12. The van der Waals surface area contributed by atoms with Crippen LogP contribution in [-0.4, -0.2) is 4.98 Å². The van der Waals surface area contributed by atoms with Crippen LogP contribution in [0.25, 0.3) is 66.4 Å². The molecule has 1 heterocycles. The van der Waals surface area contributed by atoms with Crippen LogP contribution in [0.1, 0.15) is 0 Å². The number of hydrogen-bond donors (Lipinski definition) is 0. The lowest BCUT2D eigenvalue weighted by Crippen LogP contribution is -1.85. The van der Waals surface area contributed by atoms with Gasteiger partial charge in [0.25, 0.3) is 0 Å². The number of nitrogens with zero attached hydrogens (tertiary/aromatic N) is 1. The van der Waals surface area contributed by atoms with Gasteiger partial charge in [0.2, 0.25) is 0 Å². The average molecular weight is 432 g/mol. The molecular formula is C33H21N. The summed E-state index contributed by atoms with van der Waals surface area (Å²) >= 11 is 0. The molecule has 0 N–H and O–H groups in total. The number of benzene rings is 5. The highest BCUT2D eigenvalue weighted by Gasteiger charge is 2.22. The van der Waals surface area contributed by atoms with E-state index in [9.17, 15) is 0 Å². The number of fused-ring (bicyclic) bond motifs is 3. The van der Waals surface area contributed by atoms with Crippen molar-refractivity contribution in [3.05, 3.63) is 128 Å². The molecule has 7 rings (SSSR count). The Morgan fingerprint density at radius 2 is 0.912 bits per heavy atom. The van der Waals surface area contributed by atoms with Gasteiger partial charge in [-0.1, -0.05) is 97.1 Å². The molecule has 6 aromatic rings. The molecule has 0 fully saturated rings. The summed E-state index contributed by atoms with van der Waals surface area (Å²) in [5.41, 5.74) is 12.7. The minimum absolute atomic E-state index is 1.18. The molecule has 0 amide bonds. The number of aromatic nitrogens is 1. The summed E-state index contributed by atoms with van der Waals surface area (Å²) < 4.78 is 0. The van der Waals surface area contributed by atoms with E-state index in [4.69, 9.17) is 0 Å². The predicted molar refractivity (Wildman–Crippen MR) is 142 cm³/mol. The van der Waals surface area contributed by atoms with Crippen LogP contribution in [0.4, 0.5) is 0 Å². The van der Waals surface area contributed by atoms with Gasteiger partial charge in [0.15, 0.2) is 0 Å². The molecule has 0 saturated carbocycles. The molecule has 0 saturated heterocycles. The van der Waals surface area contributed by atoms with Crippen LogP contribution < -0.4 is 0 Å². The summed E-state index contributed by atoms with van der Waals surface area (Å²) in [6.07, 6.45) is 3.67. The van der Waals surface area contributed by atoms with Crippen LogP contribution in [0.5, 0.6) is 0 Å². The molecule has 158 valence electrons. The van der Waals surface area contributed by atoms with Crippen LogP contribution in [0.3, 0.4) is 0 Å². The van der Waals surface area contributed by atoms with Gasteiger partial charge in [-0.3, -0.25) is 4.98 Å². The molecule has 1 aliphatic carbocycles. The van der Waals surface area contributed by atoms with Crippen molar-refractivity contribution in [1.29, 1.82) is 0 Å². The standard InChI is InChI=1S/C33H21N/c1-2-8-29-28(7-1)31-10-4-9-30-27(15-16-32(29)33(30)31)26-6-3-5-25(21-26)23-13-11-22(12-14-23)24-17-19-34-20-18-24/h1-21H. The summed E-state index contributed by atoms with van der Waals surface area (Å²) in [5.74, 6) is 0. The Labute approximate surface area is 199 Å². The van der Waals surface area contributed by atoms with Gasteiger partial charge in [0, 0.05) is 12.4 Å². The molecular weight excluding hydrogens is 410 g/mol. The Hall–Kier alpha value is -4.49. The summed E-state index contributed by atoms with van der Waals surface area (Å²) in [6.45, 7) is 0. The van der Waals surface area contributed by atoms with Crippen molar-refractivity contribution in [2.24, 2.45) is 0 Å². The van der Waals surface area contributed by atoms with Crippen LogP contribution in [-0.2, 0) is 0 Å². The third-order valence-electron chi connectivity index (χ3n) is 6.95. The van der Waals surface area contributed by atoms with E-state index in [2.05, 4.69) is 108 Å². The summed E-state index contributed by atoms with van der Waals surface area (Å²) in [6, 6.07) is 41.8. The van der Waals surface area contributed by atoms with E-state index in [0.717, 1.165) is 0 Å². The molecule has 0 radical (unpaired) electrons. The van der Waals surface area contributed by atoms with Crippen molar-refractivity contribution in [3.8, 4) is 55.6 Å². The molecule has 0 unspecified atom stereocenters. The second kappa shape index (κ2) is 7.54. The monoisotopic (exact) mass is 431 g/mol. The number of pyridine rings is 1. The molecule has 0 atom stereocenters. The third kappa shape index (κ3) is 2.91. The van der Waals surface area contributed by atoms with Crippen LogP contribution in [0, 0.1) is 0 Å². The average Bonchev–Trinajstić information content (AvgIpc) is 3.25. The van der Waals surface area contributed by atoms with Gasteiger partial charge >= 0.3 is 0 Å². The third-order valence-corrected chi connectivity index (χ3v) is 6.95. The topological polar surface area (TPSA) is 12.9 Å². The normalized spacial score (nSPS) is 11.5.